The molecule has 1 aliphatic rings. The standard InChI is InChI=1S/C16H25FN2O/c1-12-3-4-14(17)9-15(12)16(10-18)19(2)11-13-5-7-20-8-6-13/h3-4,9,13,16H,5-8,10-11,18H2,1-2H3. The normalized spacial score (nSPS) is 18.4. The van der Waals surface area contributed by atoms with Gasteiger partial charge < -0.3 is 10.5 Å². The first-order chi connectivity index (χ1) is 9.61. The summed E-state index contributed by atoms with van der Waals surface area (Å²) in [4.78, 5) is 2.26. The fraction of sp³-hybridized carbons (Fsp3) is 0.625. The minimum Gasteiger partial charge on any atom is -0.381 e. The average Bonchev–Trinajstić information content (AvgIpc) is 2.44. The molecule has 3 nitrogen and oxygen atoms in total. The molecule has 0 radical (unpaired) electrons. The zero-order chi connectivity index (χ0) is 14.5. The number of hydrogen-bond acceptors (Lipinski definition) is 3. The highest BCUT2D eigenvalue weighted by molar-refractivity contribution is 5.30. The van der Waals surface area contributed by atoms with Crippen molar-refractivity contribution >= 4 is 0 Å². The Kier molecular flexibility index (Phi) is 5.52. The van der Waals surface area contributed by atoms with E-state index >= 15 is 0 Å². The molecule has 0 bridgehead atoms. The lowest BCUT2D eigenvalue weighted by Gasteiger charge is -2.33. The van der Waals surface area contributed by atoms with E-state index in [0.717, 1.165) is 43.7 Å². The van der Waals surface area contributed by atoms with Gasteiger partial charge in [-0.2, -0.15) is 0 Å². The maximum absolute atomic E-state index is 13.5. The van der Waals surface area contributed by atoms with Gasteiger partial charge in [-0.15, -0.1) is 0 Å². The van der Waals surface area contributed by atoms with Gasteiger partial charge in [0.25, 0.3) is 0 Å². The van der Waals surface area contributed by atoms with Gasteiger partial charge in [0.2, 0.25) is 0 Å². The number of nitrogens with two attached hydrogens (primary N) is 1. The number of ether oxygens (including phenoxy) is 1. The van der Waals surface area contributed by atoms with Gasteiger partial charge in [0.05, 0.1) is 0 Å². The van der Waals surface area contributed by atoms with Crippen molar-refractivity contribution in [3.63, 3.8) is 0 Å². The van der Waals surface area contributed by atoms with Crippen LogP contribution >= 0.6 is 0 Å². The molecule has 0 aliphatic carbocycles. The van der Waals surface area contributed by atoms with E-state index in [2.05, 4.69) is 11.9 Å². The second-order valence-electron chi connectivity index (χ2n) is 5.75. The van der Waals surface area contributed by atoms with Gasteiger partial charge in [0, 0.05) is 32.3 Å². The summed E-state index contributed by atoms with van der Waals surface area (Å²) in [6, 6.07) is 5.03. The summed E-state index contributed by atoms with van der Waals surface area (Å²) in [5.74, 6) is 0.459. The smallest absolute Gasteiger partial charge is 0.123 e. The zero-order valence-electron chi connectivity index (χ0n) is 12.4. The van der Waals surface area contributed by atoms with Gasteiger partial charge in [0.15, 0.2) is 0 Å². The Bertz CT molecular complexity index is 432. The summed E-state index contributed by atoms with van der Waals surface area (Å²) in [6.07, 6.45) is 2.20. The molecule has 1 atom stereocenters. The highest BCUT2D eigenvalue weighted by Gasteiger charge is 2.22. The van der Waals surface area contributed by atoms with Crippen LogP contribution < -0.4 is 5.73 Å². The minimum atomic E-state index is -0.191. The molecular weight excluding hydrogens is 255 g/mol. The molecule has 1 unspecified atom stereocenters. The van der Waals surface area contributed by atoms with E-state index in [1.807, 2.05) is 13.0 Å². The maximum Gasteiger partial charge on any atom is 0.123 e. The summed E-state index contributed by atoms with van der Waals surface area (Å²) in [6.45, 7) is 5.21. The fourth-order valence-electron chi connectivity index (χ4n) is 2.98. The monoisotopic (exact) mass is 280 g/mol. The number of rotatable bonds is 5. The number of aryl methyl sites for hydroxylation is 1. The van der Waals surface area contributed by atoms with E-state index in [1.165, 1.54) is 6.07 Å². The van der Waals surface area contributed by atoms with Crippen LogP contribution in [0.4, 0.5) is 4.39 Å². The molecule has 1 aromatic carbocycles. The lowest BCUT2D eigenvalue weighted by molar-refractivity contribution is 0.0506. The van der Waals surface area contributed by atoms with E-state index in [9.17, 15) is 4.39 Å². The van der Waals surface area contributed by atoms with Crippen LogP contribution in [0.3, 0.4) is 0 Å². The Morgan fingerprint density at radius 3 is 2.75 bits per heavy atom. The van der Waals surface area contributed by atoms with Gasteiger partial charge in [-0.05, 0) is 56.0 Å². The van der Waals surface area contributed by atoms with Gasteiger partial charge in [-0.25, -0.2) is 4.39 Å². The molecule has 1 aromatic rings. The Morgan fingerprint density at radius 1 is 1.40 bits per heavy atom. The number of likely N-dealkylation sites (N-methyl/N-ethyl adjacent to an activating group) is 1. The minimum absolute atomic E-state index is 0.0774. The third-order valence-electron chi connectivity index (χ3n) is 4.24. The Labute approximate surface area is 120 Å². The molecule has 1 fully saturated rings. The molecule has 112 valence electrons. The molecule has 4 heteroatoms. The summed E-state index contributed by atoms with van der Waals surface area (Å²) in [5.41, 5.74) is 8.04. The fourth-order valence-corrected chi connectivity index (χ4v) is 2.98. The van der Waals surface area contributed by atoms with Crippen LogP contribution in [0.2, 0.25) is 0 Å². The van der Waals surface area contributed by atoms with Crippen molar-refractivity contribution in [1.82, 2.24) is 4.90 Å². The Hall–Kier alpha value is -0.970. The molecule has 2 rings (SSSR count). The molecular formula is C16H25FN2O. The molecule has 0 saturated carbocycles. The summed E-state index contributed by atoms with van der Waals surface area (Å²) >= 11 is 0. The number of nitrogens with zero attached hydrogens (tertiary/aromatic N) is 1. The predicted octanol–water partition coefficient (Wildman–Crippen LogP) is 2.49. The lowest BCUT2D eigenvalue weighted by Crippen LogP contribution is -2.36. The topological polar surface area (TPSA) is 38.5 Å². The third-order valence-corrected chi connectivity index (χ3v) is 4.24. The first kappa shape index (κ1) is 15.4. The largest absolute Gasteiger partial charge is 0.381 e. The first-order valence-corrected chi connectivity index (χ1v) is 7.36. The number of hydrogen-bond donors (Lipinski definition) is 1. The lowest BCUT2D eigenvalue weighted by atomic mass is 9.96. The zero-order valence-corrected chi connectivity index (χ0v) is 12.4. The third kappa shape index (κ3) is 3.78. The van der Waals surface area contributed by atoms with Crippen molar-refractivity contribution < 1.29 is 9.13 Å². The number of benzene rings is 1. The molecule has 1 aliphatic heterocycles. The maximum atomic E-state index is 13.5. The quantitative estimate of drug-likeness (QED) is 0.900. The van der Waals surface area contributed by atoms with Gasteiger partial charge in [-0.3, -0.25) is 4.90 Å². The van der Waals surface area contributed by atoms with Crippen LogP contribution in [0, 0.1) is 18.7 Å². The highest BCUT2D eigenvalue weighted by Crippen LogP contribution is 2.25. The van der Waals surface area contributed by atoms with Crippen LogP contribution in [-0.2, 0) is 4.74 Å². The van der Waals surface area contributed by atoms with Crippen molar-refractivity contribution in [2.24, 2.45) is 11.7 Å². The van der Waals surface area contributed by atoms with E-state index < -0.39 is 0 Å². The van der Waals surface area contributed by atoms with Crippen LogP contribution in [0.15, 0.2) is 18.2 Å². The van der Waals surface area contributed by atoms with Crippen molar-refractivity contribution in [3.8, 4) is 0 Å². The Morgan fingerprint density at radius 2 is 2.10 bits per heavy atom. The molecule has 0 spiro atoms. The average molecular weight is 280 g/mol. The van der Waals surface area contributed by atoms with Crippen molar-refractivity contribution in [2.75, 3.05) is 33.4 Å². The van der Waals surface area contributed by atoms with Gasteiger partial charge >= 0.3 is 0 Å². The second-order valence-corrected chi connectivity index (χ2v) is 5.75. The molecule has 0 amide bonds. The van der Waals surface area contributed by atoms with Crippen LogP contribution in [-0.4, -0.2) is 38.3 Å². The molecule has 2 N–H and O–H groups in total. The molecule has 1 saturated heterocycles. The van der Waals surface area contributed by atoms with E-state index in [-0.39, 0.29) is 11.9 Å². The predicted molar refractivity (Wildman–Crippen MR) is 79.1 cm³/mol. The van der Waals surface area contributed by atoms with Crippen molar-refractivity contribution in [2.45, 2.75) is 25.8 Å². The van der Waals surface area contributed by atoms with Crippen LogP contribution in [0.25, 0.3) is 0 Å². The van der Waals surface area contributed by atoms with Crippen LogP contribution in [0.5, 0.6) is 0 Å². The first-order valence-electron chi connectivity index (χ1n) is 7.36. The van der Waals surface area contributed by atoms with Gasteiger partial charge in [0.1, 0.15) is 5.82 Å². The summed E-state index contributed by atoms with van der Waals surface area (Å²) in [5, 5.41) is 0. The van der Waals surface area contributed by atoms with E-state index in [4.69, 9.17) is 10.5 Å². The van der Waals surface area contributed by atoms with E-state index in [1.54, 1.807) is 6.07 Å². The summed E-state index contributed by atoms with van der Waals surface area (Å²) < 4.78 is 18.9. The molecule has 0 aromatic heterocycles. The number of halogens is 1. The summed E-state index contributed by atoms with van der Waals surface area (Å²) in [7, 11) is 2.08. The SMILES string of the molecule is Cc1ccc(F)cc1C(CN)N(C)CC1CCOCC1. The van der Waals surface area contributed by atoms with Crippen LogP contribution in [0.1, 0.15) is 30.0 Å². The Balaban J connectivity index is 2.07. The van der Waals surface area contributed by atoms with Crippen molar-refractivity contribution in [1.29, 1.82) is 0 Å². The molecule has 20 heavy (non-hydrogen) atoms. The highest BCUT2D eigenvalue weighted by atomic mass is 19.1. The van der Waals surface area contributed by atoms with Crippen molar-refractivity contribution in [3.05, 3.63) is 35.1 Å². The van der Waals surface area contributed by atoms with E-state index in [0.29, 0.717) is 12.5 Å². The second kappa shape index (κ2) is 7.16. The van der Waals surface area contributed by atoms with Gasteiger partial charge in [-0.1, -0.05) is 6.07 Å². The molecule has 1 heterocycles.